The lowest BCUT2D eigenvalue weighted by Gasteiger charge is -2.13. The predicted molar refractivity (Wildman–Crippen MR) is 88.4 cm³/mol. The number of rotatable bonds is 6. The van der Waals surface area contributed by atoms with Gasteiger partial charge in [0.15, 0.2) is 5.69 Å². The molecular weight excluding hydrogens is 347 g/mol. The van der Waals surface area contributed by atoms with Crippen molar-refractivity contribution in [3.8, 4) is 0 Å². The third-order valence-corrected chi connectivity index (χ3v) is 4.49. The first kappa shape index (κ1) is 18.5. The van der Waals surface area contributed by atoms with Crippen LogP contribution in [0.15, 0.2) is 12.3 Å². The van der Waals surface area contributed by atoms with E-state index in [2.05, 4.69) is 15.5 Å². The third kappa shape index (κ3) is 4.08. The summed E-state index contributed by atoms with van der Waals surface area (Å²) in [6.07, 6.45) is -1.04. The number of hydrogen-bond acceptors (Lipinski definition) is 3. The minimum atomic E-state index is -4.48. The highest BCUT2D eigenvalue weighted by Gasteiger charge is 2.40. The molecule has 0 fully saturated rings. The number of alkyl halides is 3. The second-order valence-electron chi connectivity index (χ2n) is 6.87. The number of nitrogens with zero attached hydrogens (tertiary/aromatic N) is 4. The molecule has 0 spiro atoms. The Bertz CT molecular complexity index is 793. The minimum absolute atomic E-state index is 0.146. The topological polar surface area (TPSA) is 64.7 Å². The maximum atomic E-state index is 13.1. The number of hydrogen-bond donors (Lipinski definition) is 1. The van der Waals surface area contributed by atoms with E-state index in [9.17, 15) is 18.0 Å². The van der Waals surface area contributed by atoms with Gasteiger partial charge in [-0.25, -0.2) is 0 Å². The van der Waals surface area contributed by atoms with Gasteiger partial charge in [0, 0.05) is 30.5 Å². The third-order valence-electron chi connectivity index (χ3n) is 4.49. The fraction of sp³-hybridized carbons (Fsp3) is 0.588. The SMILES string of the molecule is Cc1ccn(C[C@@H](C)CNC(=O)Cn2nc(C(F)(F)F)c3c2CCC3)n1. The monoisotopic (exact) mass is 369 g/mol. The van der Waals surface area contributed by atoms with Crippen LogP contribution in [0.3, 0.4) is 0 Å². The molecule has 1 amide bonds. The zero-order valence-electron chi connectivity index (χ0n) is 14.8. The summed E-state index contributed by atoms with van der Waals surface area (Å²) in [5.74, 6) is -0.188. The molecule has 26 heavy (non-hydrogen) atoms. The van der Waals surface area contributed by atoms with E-state index in [-0.39, 0.29) is 23.9 Å². The van der Waals surface area contributed by atoms with Gasteiger partial charge in [0.05, 0.1) is 5.69 Å². The summed E-state index contributed by atoms with van der Waals surface area (Å²) < 4.78 is 42.2. The highest BCUT2D eigenvalue weighted by atomic mass is 19.4. The minimum Gasteiger partial charge on any atom is -0.354 e. The van der Waals surface area contributed by atoms with Crippen LogP contribution >= 0.6 is 0 Å². The Labute approximate surface area is 149 Å². The molecule has 2 heterocycles. The molecule has 0 saturated carbocycles. The Hall–Kier alpha value is -2.32. The Balaban J connectivity index is 1.57. The molecule has 9 heteroatoms. The molecule has 142 valence electrons. The average molecular weight is 369 g/mol. The Kier molecular flexibility index (Phi) is 5.06. The Morgan fingerprint density at radius 2 is 2.12 bits per heavy atom. The van der Waals surface area contributed by atoms with Crippen LogP contribution in [0.25, 0.3) is 0 Å². The number of carbonyl (C=O) groups excluding carboxylic acids is 1. The van der Waals surface area contributed by atoms with Gasteiger partial charge in [0.25, 0.3) is 0 Å². The molecule has 2 aromatic rings. The van der Waals surface area contributed by atoms with Gasteiger partial charge in [-0.1, -0.05) is 6.92 Å². The van der Waals surface area contributed by atoms with Gasteiger partial charge in [-0.15, -0.1) is 0 Å². The summed E-state index contributed by atoms with van der Waals surface area (Å²) in [6, 6.07) is 1.90. The van der Waals surface area contributed by atoms with Crippen LogP contribution in [-0.2, 0) is 36.9 Å². The van der Waals surface area contributed by atoms with Gasteiger partial charge < -0.3 is 5.32 Å². The molecule has 1 atom stereocenters. The quantitative estimate of drug-likeness (QED) is 0.850. The molecule has 1 aliphatic rings. The fourth-order valence-electron chi connectivity index (χ4n) is 3.30. The number of nitrogens with one attached hydrogen (secondary N) is 1. The number of amides is 1. The standard InChI is InChI=1S/C17H22F3N5O/c1-11(9-24-7-6-12(2)22-24)8-21-15(26)10-25-14-5-3-4-13(14)16(23-25)17(18,19)20/h6-7,11H,3-5,8-10H2,1-2H3,(H,21,26)/t11-/m0/s1. The molecule has 0 unspecified atom stereocenters. The summed E-state index contributed by atoms with van der Waals surface area (Å²) in [6.45, 7) is 4.77. The lowest BCUT2D eigenvalue weighted by atomic mass is 10.2. The van der Waals surface area contributed by atoms with Crippen molar-refractivity contribution < 1.29 is 18.0 Å². The van der Waals surface area contributed by atoms with Crippen LogP contribution in [0.2, 0.25) is 0 Å². The summed E-state index contributed by atoms with van der Waals surface area (Å²) in [4.78, 5) is 12.2. The molecule has 0 radical (unpaired) electrons. The highest BCUT2D eigenvalue weighted by molar-refractivity contribution is 5.75. The maximum Gasteiger partial charge on any atom is 0.435 e. The second-order valence-corrected chi connectivity index (χ2v) is 6.87. The van der Waals surface area contributed by atoms with E-state index < -0.39 is 11.9 Å². The molecule has 0 aromatic carbocycles. The number of halogens is 3. The van der Waals surface area contributed by atoms with E-state index >= 15 is 0 Å². The first-order valence-electron chi connectivity index (χ1n) is 8.66. The second kappa shape index (κ2) is 7.13. The molecule has 3 rings (SSSR count). The molecular formula is C17H22F3N5O. The summed E-state index contributed by atoms with van der Waals surface area (Å²) >= 11 is 0. The van der Waals surface area contributed by atoms with Gasteiger partial charge >= 0.3 is 6.18 Å². The number of fused-ring (bicyclic) bond motifs is 1. The first-order valence-corrected chi connectivity index (χ1v) is 8.66. The largest absolute Gasteiger partial charge is 0.435 e. The van der Waals surface area contributed by atoms with Crippen molar-refractivity contribution in [1.82, 2.24) is 24.9 Å². The van der Waals surface area contributed by atoms with E-state index in [1.807, 2.05) is 30.8 Å². The van der Waals surface area contributed by atoms with Crippen molar-refractivity contribution in [3.05, 3.63) is 34.9 Å². The normalized spacial score (nSPS) is 15.1. The molecule has 0 aliphatic heterocycles. The summed E-state index contributed by atoms with van der Waals surface area (Å²) in [5.41, 5.74) is 0.856. The van der Waals surface area contributed by atoms with Crippen LogP contribution in [0.5, 0.6) is 0 Å². The number of aromatic nitrogens is 4. The van der Waals surface area contributed by atoms with Crippen molar-refractivity contribution in [2.24, 2.45) is 5.92 Å². The van der Waals surface area contributed by atoms with Crippen LogP contribution < -0.4 is 5.32 Å². The molecule has 0 saturated heterocycles. The van der Waals surface area contributed by atoms with Crippen molar-refractivity contribution in [3.63, 3.8) is 0 Å². The zero-order chi connectivity index (χ0) is 18.9. The Morgan fingerprint density at radius 1 is 1.35 bits per heavy atom. The molecule has 2 aromatic heterocycles. The van der Waals surface area contributed by atoms with Crippen LogP contribution in [0.4, 0.5) is 13.2 Å². The molecule has 1 aliphatic carbocycles. The van der Waals surface area contributed by atoms with Crippen LogP contribution in [-0.4, -0.2) is 32.0 Å². The van der Waals surface area contributed by atoms with E-state index in [1.54, 1.807) is 0 Å². The van der Waals surface area contributed by atoms with Crippen LogP contribution in [0, 0.1) is 12.8 Å². The van der Waals surface area contributed by atoms with E-state index in [4.69, 9.17) is 0 Å². The smallest absolute Gasteiger partial charge is 0.354 e. The first-order chi connectivity index (χ1) is 12.2. The Morgan fingerprint density at radius 3 is 2.77 bits per heavy atom. The summed E-state index contributed by atoms with van der Waals surface area (Å²) in [7, 11) is 0. The molecule has 6 nitrogen and oxygen atoms in total. The van der Waals surface area contributed by atoms with Gasteiger partial charge in [0.2, 0.25) is 5.91 Å². The predicted octanol–water partition coefficient (Wildman–Crippen LogP) is 2.35. The van der Waals surface area contributed by atoms with Crippen molar-refractivity contribution >= 4 is 5.91 Å². The average Bonchev–Trinajstić information content (AvgIpc) is 3.23. The van der Waals surface area contributed by atoms with Crippen molar-refractivity contribution in [1.29, 1.82) is 0 Å². The van der Waals surface area contributed by atoms with Crippen molar-refractivity contribution in [2.45, 2.75) is 52.4 Å². The molecule has 1 N–H and O–H groups in total. The van der Waals surface area contributed by atoms with Crippen molar-refractivity contribution in [2.75, 3.05) is 6.54 Å². The summed E-state index contributed by atoms with van der Waals surface area (Å²) in [5, 5.41) is 10.7. The lowest BCUT2D eigenvalue weighted by Crippen LogP contribution is -2.33. The number of aryl methyl sites for hydroxylation is 1. The molecule has 0 bridgehead atoms. The maximum absolute atomic E-state index is 13.1. The fourth-order valence-corrected chi connectivity index (χ4v) is 3.30. The van der Waals surface area contributed by atoms with E-state index in [0.29, 0.717) is 38.0 Å². The van der Waals surface area contributed by atoms with E-state index in [1.165, 1.54) is 4.68 Å². The van der Waals surface area contributed by atoms with Gasteiger partial charge in [-0.05, 0) is 38.2 Å². The zero-order valence-corrected chi connectivity index (χ0v) is 14.8. The van der Waals surface area contributed by atoms with Crippen LogP contribution in [0.1, 0.15) is 36.0 Å². The van der Waals surface area contributed by atoms with Gasteiger partial charge in [0.1, 0.15) is 6.54 Å². The van der Waals surface area contributed by atoms with Gasteiger partial charge in [-0.3, -0.25) is 14.2 Å². The van der Waals surface area contributed by atoms with E-state index in [0.717, 1.165) is 5.69 Å². The highest BCUT2D eigenvalue weighted by Crippen LogP contribution is 2.36. The van der Waals surface area contributed by atoms with Gasteiger partial charge in [-0.2, -0.15) is 23.4 Å². The lowest BCUT2D eigenvalue weighted by molar-refractivity contribution is -0.142. The number of carbonyl (C=O) groups is 1.